The molecule has 6 nitrogen and oxygen atoms in total. The van der Waals surface area contributed by atoms with Crippen molar-refractivity contribution in [2.75, 3.05) is 6.54 Å². The topological polar surface area (TPSA) is 71.7 Å². The Kier molecular flexibility index (Phi) is 6.99. The fraction of sp³-hybridized carbons (Fsp3) is 0.304. The van der Waals surface area contributed by atoms with Crippen LogP contribution >= 0.6 is 34.5 Å². The zero-order valence-electron chi connectivity index (χ0n) is 17.8. The summed E-state index contributed by atoms with van der Waals surface area (Å²) in [5, 5.41) is 0.888. The number of nitrogens with zero attached hydrogens (tertiary/aromatic N) is 3. The third-order valence-electron chi connectivity index (χ3n) is 5.59. The molecule has 1 saturated heterocycles. The van der Waals surface area contributed by atoms with E-state index in [0.29, 0.717) is 26.9 Å². The maximum atomic E-state index is 13.0. The number of halogens is 2. The van der Waals surface area contributed by atoms with Crippen molar-refractivity contribution >= 4 is 60.7 Å². The molecule has 2 heterocycles. The molecule has 10 heteroatoms. The Balaban J connectivity index is 1.68. The predicted molar refractivity (Wildman–Crippen MR) is 132 cm³/mol. The second-order valence-corrected chi connectivity index (χ2v) is 11.6. The van der Waals surface area contributed by atoms with Crippen LogP contribution in [-0.4, -0.2) is 35.8 Å². The van der Waals surface area contributed by atoms with Gasteiger partial charge in [-0.3, -0.25) is 4.79 Å². The van der Waals surface area contributed by atoms with E-state index in [4.69, 9.17) is 29.6 Å². The lowest BCUT2D eigenvalue weighted by molar-refractivity contribution is 0.0997. The summed E-state index contributed by atoms with van der Waals surface area (Å²) in [5.74, 6) is 2.04. The lowest BCUT2D eigenvalue weighted by Crippen LogP contribution is -2.41. The van der Waals surface area contributed by atoms with Crippen LogP contribution in [0, 0.1) is 12.3 Å². The van der Waals surface area contributed by atoms with E-state index in [1.54, 1.807) is 16.7 Å². The summed E-state index contributed by atoms with van der Waals surface area (Å²) >= 11 is 13.7. The normalized spacial score (nSPS) is 17.9. The van der Waals surface area contributed by atoms with Gasteiger partial charge in [0.05, 0.1) is 26.7 Å². The van der Waals surface area contributed by atoms with E-state index in [2.05, 4.69) is 10.9 Å². The van der Waals surface area contributed by atoms with Crippen LogP contribution in [0.3, 0.4) is 0 Å². The number of amides is 1. The van der Waals surface area contributed by atoms with Crippen molar-refractivity contribution < 1.29 is 13.2 Å². The van der Waals surface area contributed by atoms with E-state index in [1.165, 1.54) is 39.9 Å². The fourth-order valence-corrected chi connectivity index (χ4v) is 7.45. The first-order valence-corrected chi connectivity index (χ1v) is 13.4. The van der Waals surface area contributed by atoms with E-state index >= 15 is 0 Å². The molecule has 0 N–H and O–H groups in total. The number of piperidine rings is 1. The number of hydrogen-bond donors (Lipinski definition) is 0. The standard InChI is InChI=1S/C23H21Cl2N3O3S2/c1-3-11-27-21-19(25)13-17(24)14-20(21)32-23(27)26-22(29)16-7-9-18(10-8-16)33(30,31)28-12-5-4-6-15(28)2/h1,7-10,13-15H,4-6,11-12H2,2H3. The van der Waals surface area contributed by atoms with Gasteiger partial charge in [0.1, 0.15) is 0 Å². The summed E-state index contributed by atoms with van der Waals surface area (Å²) in [6.07, 6.45) is 8.22. The van der Waals surface area contributed by atoms with Gasteiger partial charge in [0.2, 0.25) is 10.0 Å². The third-order valence-corrected chi connectivity index (χ3v) is 9.15. The average Bonchev–Trinajstić information content (AvgIpc) is 3.11. The molecule has 1 aliphatic heterocycles. The maximum absolute atomic E-state index is 13.0. The summed E-state index contributed by atoms with van der Waals surface area (Å²) in [4.78, 5) is 17.7. The Bertz CT molecular complexity index is 1430. The largest absolute Gasteiger partial charge is 0.303 e. The van der Waals surface area contributed by atoms with Crippen molar-refractivity contribution in [2.24, 2.45) is 4.99 Å². The Morgan fingerprint density at radius 3 is 2.64 bits per heavy atom. The quantitative estimate of drug-likeness (QED) is 0.456. The molecular formula is C23H21Cl2N3O3S2. The van der Waals surface area contributed by atoms with Crippen LogP contribution in [0.25, 0.3) is 10.2 Å². The van der Waals surface area contributed by atoms with E-state index in [1.807, 2.05) is 6.92 Å². The first kappa shape index (κ1) is 24.0. The number of fused-ring (bicyclic) bond motifs is 1. The van der Waals surface area contributed by atoms with Gasteiger partial charge in [-0.1, -0.05) is 46.9 Å². The lowest BCUT2D eigenvalue weighted by Gasteiger charge is -2.32. The van der Waals surface area contributed by atoms with Gasteiger partial charge in [-0.2, -0.15) is 9.30 Å². The first-order chi connectivity index (χ1) is 15.7. The van der Waals surface area contributed by atoms with E-state index in [-0.39, 0.29) is 23.0 Å². The highest BCUT2D eigenvalue weighted by Gasteiger charge is 2.30. The summed E-state index contributed by atoms with van der Waals surface area (Å²) in [7, 11) is -3.61. The molecule has 1 fully saturated rings. The molecule has 3 aromatic rings. The van der Waals surface area contributed by atoms with Crippen molar-refractivity contribution in [3.63, 3.8) is 0 Å². The first-order valence-electron chi connectivity index (χ1n) is 10.3. The van der Waals surface area contributed by atoms with Gasteiger partial charge in [0, 0.05) is 23.2 Å². The summed E-state index contributed by atoms with van der Waals surface area (Å²) < 4.78 is 30.0. The van der Waals surface area contributed by atoms with Crippen molar-refractivity contribution in [3.05, 3.63) is 56.8 Å². The minimum Gasteiger partial charge on any atom is -0.303 e. The molecule has 1 unspecified atom stereocenters. The Morgan fingerprint density at radius 1 is 1.24 bits per heavy atom. The molecule has 2 aromatic carbocycles. The number of hydrogen-bond acceptors (Lipinski definition) is 4. The maximum Gasteiger partial charge on any atom is 0.279 e. The molecule has 4 rings (SSSR count). The summed E-state index contributed by atoms with van der Waals surface area (Å²) in [6, 6.07) is 9.18. The molecular weight excluding hydrogens is 501 g/mol. The number of sulfonamides is 1. The van der Waals surface area contributed by atoms with Gasteiger partial charge < -0.3 is 4.57 Å². The molecule has 33 heavy (non-hydrogen) atoms. The highest BCUT2D eigenvalue weighted by Crippen LogP contribution is 2.30. The van der Waals surface area contributed by atoms with Crippen LogP contribution in [-0.2, 0) is 16.6 Å². The number of terminal acetylenes is 1. The molecule has 1 amide bonds. The minimum absolute atomic E-state index is 0.0417. The Labute approximate surface area is 206 Å². The monoisotopic (exact) mass is 521 g/mol. The van der Waals surface area contributed by atoms with E-state index < -0.39 is 15.9 Å². The SMILES string of the molecule is C#CCn1c(=NC(=O)c2ccc(S(=O)(=O)N3CCCCC3C)cc2)sc2cc(Cl)cc(Cl)c21. The van der Waals surface area contributed by atoms with Gasteiger partial charge in [-0.05, 0) is 56.2 Å². The Hall–Kier alpha value is -2.15. The molecule has 1 aromatic heterocycles. The molecule has 0 bridgehead atoms. The summed E-state index contributed by atoms with van der Waals surface area (Å²) in [5.41, 5.74) is 0.933. The van der Waals surface area contributed by atoms with Gasteiger partial charge in [-0.25, -0.2) is 8.42 Å². The highest BCUT2D eigenvalue weighted by atomic mass is 35.5. The van der Waals surface area contributed by atoms with Crippen LogP contribution in [0.2, 0.25) is 10.0 Å². The summed E-state index contributed by atoms with van der Waals surface area (Å²) in [6.45, 7) is 2.61. The second kappa shape index (κ2) is 9.61. The smallest absolute Gasteiger partial charge is 0.279 e. The van der Waals surface area contributed by atoms with Crippen LogP contribution < -0.4 is 4.80 Å². The number of thiazole rings is 1. The number of rotatable bonds is 4. The molecule has 1 aliphatic rings. The number of benzene rings is 2. The highest BCUT2D eigenvalue weighted by molar-refractivity contribution is 7.89. The number of aromatic nitrogens is 1. The van der Waals surface area contributed by atoms with Gasteiger partial charge >= 0.3 is 0 Å². The third kappa shape index (κ3) is 4.75. The van der Waals surface area contributed by atoms with Gasteiger partial charge in [0.15, 0.2) is 4.80 Å². The van der Waals surface area contributed by atoms with Crippen molar-refractivity contribution in [1.29, 1.82) is 0 Å². The zero-order chi connectivity index (χ0) is 23.8. The molecule has 0 saturated carbocycles. The fourth-order valence-electron chi connectivity index (χ4n) is 3.94. The molecule has 0 radical (unpaired) electrons. The molecule has 172 valence electrons. The molecule has 0 spiro atoms. The second-order valence-electron chi connectivity index (χ2n) is 7.81. The van der Waals surface area contributed by atoms with Crippen LogP contribution in [0.15, 0.2) is 46.3 Å². The number of carbonyl (C=O) groups is 1. The van der Waals surface area contributed by atoms with Crippen LogP contribution in [0.5, 0.6) is 0 Å². The van der Waals surface area contributed by atoms with Crippen molar-refractivity contribution in [2.45, 2.75) is 43.7 Å². The Morgan fingerprint density at radius 2 is 1.97 bits per heavy atom. The predicted octanol–water partition coefficient (Wildman–Crippen LogP) is 4.95. The van der Waals surface area contributed by atoms with Gasteiger partial charge in [0.25, 0.3) is 5.91 Å². The average molecular weight is 522 g/mol. The van der Waals surface area contributed by atoms with Crippen LogP contribution in [0.4, 0.5) is 0 Å². The van der Waals surface area contributed by atoms with Gasteiger partial charge in [-0.15, -0.1) is 6.42 Å². The van der Waals surface area contributed by atoms with Crippen LogP contribution in [0.1, 0.15) is 36.5 Å². The van der Waals surface area contributed by atoms with E-state index in [9.17, 15) is 13.2 Å². The minimum atomic E-state index is -3.61. The van der Waals surface area contributed by atoms with Crippen molar-refractivity contribution in [1.82, 2.24) is 8.87 Å². The lowest BCUT2D eigenvalue weighted by atomic mass is 10.1. The molecule has 1 atom stereocenters. The van der Waals surface area contributed by atoms with E-state index in [0.717, 1.165) is 24.0 Å². The molecule has 0 aliphatic carbocycles. The zero-order valence-corrected chi connectivity index (χ0v) is 20.9. The van der Waals surface area contributed by atoms with Crippen molar-refractivity contribution in [3.8, 4) is 12.3 Å². The number of carbonyl (C=O) groups excluding carboxylic acids is 1.